The third-order valence-electron chi connectivity index (χ3n) is 2.99. The second kappa shape index (κ2) is 5.11. The lowest BCUT2D eigenvalue weighted by molar-refractivity contribution is -0.137. The van der Waals surface area contributed by atoms with Crippen molar-refractivity contribution in [3.63, 3.8) is 0 Å². The fourth-order valence-corrected chi connectivity index (χ4v) is 1.96. The lowest BCUT2D eigenvalue weighted by Gasteiger charge is -2.33. The molecule has 1 aromatic carbocycles. The fraction of sp³-hybridized carbons (Fsp3) is 0.462. The van der Waals surface area contributed by atoms with E-state index in [4.69, 9.17) is 14.6 Å². The SMILES string of the molecule is CC1(C)COB(c2cc(C#N)ccc2C(F)(F)F)OC1. The summed E-state index contributed by atoms with van der Waals surface area (Å²) >= 11 is 0. The van der Waals surface area contributed by atoms with Crippen LogP contribution in [0, 0.1) is 16.7 Å². The standard InChI is InChI=1S/C13H13BF3NO2/c1-12(2)7-19-14(20-8-12)11-5-9(6-18)3-4-10(11)13(15,16)17/h3-5H,7-8H2,1-2H3. The highest BCUT2D eigenvalue weighted by Gasteiger charge is 2.41. The Morgan fingerprint density at radius 3 is 2.35 bits per heavy atom. The summed E-state index contributed by atoms with van der Waals surface area (Å²) in [6.45, 7) is 4.40. The molecule has 0 aromatic heterocycles. The maximum atomic E-state index is 13.0. The van der Waals surface area contributed by atoms with E-state index in [1.807, 2.05) is 19.9 Å². The summed E-state index contributed by atoms with van der Waals surface area (Å²) in [4.78, 5) is 0. The Labute approximate surface area is 115 Å². The Hall–Kier alpha value is -1.52. The lowest BCUT2D eigenvalue weighted by atomic mass is 9.72. The monoisotopic (exact) mass is 283 g/mol. The van der Waals surface area contributed by atoms with E-state index in [1.54, 1.807) is 0 Å². The van der Waals surface area contributed by atoms with Gasteiger partial charge in [-0.2, -0.15) is 18.4 Å². The van der Waals surface area contributed by atoms with E-state index >= 15 is 0 Å². The number of benzene rings is 1. The summed E-state index contributed by atoms with van der Waals surface area (Å²) in [5, 5.41) is 8.82. The van der Waals surface area contributed by atoms with Gasteiger partial charge in [0, 0.05) is 18.6 Å². The maximum absolute atomic E-state index is 13.0. The molecule has 0 radical (unpaired) electrons. The fourth-order valence-electron chi connectivity index (χ4n) is 1.96. The first kappa shape index (κ1) is 14.9. The molecule has 1 aliphatic rings. The highest BCUT2D eigenvalue weighted by atomic mass is 19.4. The zero-order chi connectivity index (χ0) is 15.0. The van der Waals surface area contributed by atoms with E-state index in [1.165, 1.54) is 6.07 Å². The predicted molar refractivity (Wildman–Crippen MR) is 67.2 cm³/mol. The van der Waals surface area contributed by atoms with Gasteiger partial charge >= 0.3 is 13.3 Å². The van der Waals surface area contributed by atoms with E-state index < -0.39 is 18.9 Å². The minimum absolute atomic E-state index is 0.144. The van der Waals surface area contributed by atoms with Gasteiger partial charge in [-0.25, -0.2) is 0 Å². The summed E-state index contributed by atoms with van der Waals surface area (Å²) in [6.07, 6.45) is -4.51. The van der Waals surface area contributed by atoms with Crippen molar-refractivity contribution in [3.05, 3.63) is 29.3 Å². The van der Waals surface area contributed by atoms with Gasteiger partial charge in [-0.15, -0.1) is 0 Å². The van der Waals surface area contributed by atoms with Crippen molar-refractivity contribution in [2.24, 2.45) is 5.41 Å². The van der Waals surface area contributed by atoms with Crippen LogP contribution in [0.4, 0.5) is 13.2 Å². The molecular weight excluding hydrogens is 270 g/mol. The van der Waals surface area contributed by atoms with Gasteiger partial charge in [0.15, 0.2) is 0 Å². The molecule has 7 heteroatoms. The smallest absolute Gasteiger partial charge is 0.407 e. The van der Waals surface area contributed by atoms with Gasteiger partial charge in [-0.3, -0.25) is 0 Å². The number of rotatable bonds is 1. The van der Waals surface area contributed by atoms with Gasteiger partial charge < -0.3 is 9.31 Å². The third kappa shape index (κ3) is 3.14. The van der Waals surface area contributed by atoms with Crippen molar-refractivity contribution < 1.29 is 22.5 Å². The Morgan fingerprint density at radius 2 is 1.85 bits per heavy atom. The number of halogens is 3. The molecule has 1 fully saturated rings. The molecule has 0 unspecified atom stereocenters. The van der Waals surface area contributed by atoms with Crippen molar-refractivity contribution in [2.45, 2.75) is 20.0 Å². The number of alkyl halides is 3. The lowest BCUT2D eigenvalue weighted by Crippen LogP contribution is -2.49. The molecule has 3 nitrogen and oxygen atoms in total. The quantitative estimate of drug-likeness (QED) is 0.743. The second-order valence-corrected chi connectivity index (χ2v) is 5.53. The van der Waals surface area contributed by atoms with Gasteiger partial charge in [0.05, 0.1) is 17.2 Å². The topological polar surface area (TPSA) is 42.2 Å². The van der Waals surface area contributed by atoms with Crippen LogP contribution < -0.4 is 5.46 Å². The minimum Gasteiger partial charge on any atom is -0.407 e. The Morgan fingerprint density at radius 1 is 1.25 bits per heavy atom. The molecule has 0 N–H and O–H groups in total. The number of nitrogens with zero attached hydrogens (tertiary/aromatic N) is 1. The zero-order valence-electron chi connectivity index (χ0n) is 11.1. The van der Waals surface area contributed by atoms with Crippen molar-refractivity contribution in [2.75, 3.05) is 13.2 Å². The van der Waals surface area contributed by atoms with Crippen molar-refractivity contribution >= 4 is 12.6 Å². The van der Waals surface area contributed by atoms with Crippen LogP contribution in [0.3, 0.4) is 0 Å². The van der Waals surface area contributed by atoms with Gasteiger partial charge in [-0.1, -0.05) is 13.8 Å². The number of hydrogen-bond acceptors (Lipinski definition) is 3. The molecule has 0 atom stereocenters. The molecule has 1 heterocycles. The largest absolute Gasteiger partial charge is 0.494 e. The molecule has 1 saturated heterocycles. The number of hydrogen-bond donors (Lipinski definition) is 0. The minimum atomic E-state index is -4.51. The van der Waals surface area contributed by atoms with Crippen LogP contribution in [0.2, 0.25) is 0 Å². The van der Waals surface area contributed by atoms with E-state index in [0.29, 0.717) is 13.2 Å². The van der Waals surface area contributed by atoms with E-state index in [9.17, 15) is 13.2 Å². The summed E-state index contributed by atoms with van der Waals surface area (Å²) in [7, 11) is -1.09. The average molecular weight is 283 g/mol. The highest BCUT2D eigenvalue weighted by molar-refractivity contribution is 6.62. The molecule has 0 aliphatic carbocycles. The molecule has 0 spiro atoms. The summed E-state index contributed by atoms with van der Waals surface area (Å²) in [5.74, 6) is 0. The Balaban J connectivity index is 2.37. The van der Waals surface area contributed by atoms with Gasteiger partial charge in [0.1, 0.15) is 0 Å². The summed E-state index contributed by atoms with van der Waals surface area (Å²) in [5.41, 5.74) is -1.07. The third-order valence-corrected chi connectivity index (χ3v) is 2.99. The van der Waals surface area contributed by atoms with Crippen LogP contribution in [0.5, 0.6) is 0 Å². The normalized spacial score (nSPS) is 18.7. The van der Waals surface area contributed by atoms with Crippen molar-refractivity contribution in [1.29, 1.82) is 5.26 Å². The van der Waals surface area contributed by atoms with Crippen LogP contribution in [-0.2, 0) is 15.5 Å². The maximum Gasteiger partial charge on any atom is 0.494 e. The number of nitriles is 1. The van der Waals surface area contributed by atoms with E-state index in [0.717, 1.165) is 12.1 Å². The summed E-state index contributed by atoms with van der Waals surface area (Å²) < 4.78 is 49.8. The molecule has 0 bridgehead atoms. The molecule has 1 aliphatic heterocycles. The highest BCUT2D eigenvalue weighted by Crippen LogP contribution is 2.30. The Bertz CT molecular complexity index is 542. The van der Waals surface area contributed by atoms with Crippen LogP contribution in [0.25, 0.3) is 0 Å². The van der Waals surface area contributed by atoms with Gasteiger partial charge in [0.25, 0.3) is 0 Å². The van der Waals surface area contributed by atoms with Crippen molar-refractivity contribution in [1.82, 2.24) is 0 Å². The summed E-state index contributed by atoms with van der Waals surface area (Å²) in [6, 6.07) is 5.02. The molecule has 1 aromatic rings. The first-order chi connectivity index (χ1) is 9.23. The molecule has 0 amide bonds. The Kier molecular flexibility index (Phi) is 3.81. The zero-order valence-corrected chi connectivity index (χ0v) is 11.1. The second-order valence-electron chi connectivity index (χ2n) is 5.53. The van der Waals surface area contributed by atoms with Crippen LogP contribution in [-0.4, -0.2) is 20.3 Å². The molecule has 20 heavy (non-hydrogen) atoms. The predicted octanol–water partition coefficient (Wildman–Crippen LogP) is 2.35. The first-order valence-electron chi connectivity index (χ1n) is 6.07. The van der Waals surface area contributed by atoms with E-state index in [2.05, 4.69) is 0 Å². The van der Waals surface area contributed by atoms with Crippen molar-refractivity contribution in [3.8, 4) is 6.07 Å². The molecular formula is C13H13BF3NO2. The van der Waals surface area contributed by atoms with Gasteiger partial charge in [-0.05, 0) is 23.7 Å². The van der Waals surface area contributed by atoms with Crippen LogP contribution >= 0.6 is 0 Å². The van der Waals surface area contributed by atoms with Gasteiger partial charge in [0.2, 0.25) is 0 Å². The first-order valence-corrected chi connectivity index (χ1v) is 6.07. The van der Waals surface area contributed by atoms with E-state index in [-0.39, 0.29) is 16.4 Å². The van der Waals surface area contributed by atoms with Crippen LogP contribution in [0.15, 0.2) is 18.2 Å². The average Bonchev–Trinajstić information content (AvgIpc) is 2.37. The molecule has 2 rings (SSSR count). The molecule has 0 saturated carbocycles. The van der Waals surface area contributed by atoms with Crippen LogP contribution in [0.1, 0.15) is 25.0 Å². The molecule has 106 valence electrons.